The Bertz CT molecular complexity index is 1200. The lowest BCUT2D eigenvalue weighted by Gasteiger charge is -2.33. The maximum Gasteiger partial charge on any atom is 0.244 e. The second kappa shape index (κ2) is 12.5. The van der Waals surface area contributed by atoms with Gasteiger partial charge in [-0.05, 0) is 55.7 Å². The molecule has 1 unspecified atom stereocenters. The molecule has 1 aliphatic rings. The average Bonchev–Trinajstić information content (AvgIpc) is 2.82. The van der Waals surface area contributed by atoms with E-state index in [1.54, 1.807) is 43.3 Å². The van der Waals surface area contributed by atoms with E-state index >= 15 is 0 Å². The number of anilines is 1. The highest BCUT2D eigenvalue weighted by Crippen LogP contribution is 2.25. The van der Waals surface area contributed by atoms with E-state index in [-0.39, 0.29) is 24.2 Å². The van der Waals surface area contributed by atoms with Gasteiger partial charge < -0.3 is 10.2 Å². The maximum absolute atomic E-state index is 13.6. The van der Waals surface area contributed by atoms with Crippen LogP contribution in [0.25, 0.3) is 0 Å². The highest BCUT2D eigenvalue weighted by molar-refractivity contribution is 7.92. The Morgan fingerprint density at radius 1 is 1.03 bits per heavy atom. The van der Waals surface area contributed by atoms with Crippen LogP contribution in [0.3, 0.4) is 0 Å². The molecule has 1 fully saturated rings. The van der Waals surface area contributed by atoms with Gasteiger partial charge in [-0.3, -0.25) is 13.9 Å². The van der Waals surface area contributed by atoms with Crippen molar-refractivity contribution in [3.05, 3.63) is 63.1 Å². The highest BCUT2D eigenvalue weighted by atomic mass is 35.5. The van der Waals surface area contributed by atoms with Crippen LogP contribution in [0.1, 0.15) is 44.6 Å². The van der Waals surface area contributed by atoms with Gasteiger partial charge in [0.1, 0.15) is 12.6 Å². The lowest BCUT2D eigenvalue weighted by atomic mass is 9.95. The monoisotopic (exact) mass is 573 g/mol. The lowest BCUT2D eigenvalue weighted by molar-refractivity contribution is -0.139. The quantitative estimate of drug-likeness (QED) is 0.442. The second-order valence-electron chi connectivity index (χ2n) is 9.04. The third-order valence-electron chi connectivity index (χ3n) is 6.23. The van der Waals surface area contributed by atoms with Crippen molar-refractivity contribution in [2.45, 2.75) is 57.7 Å². The summed E-state index contributed by atoms with van der Waals surface area (Å²) in [5.41, 5.74) is 0.913. The summed E-state index contributed by atoms with van der Waals surface area (Å²) < 4.78 is 26.2. The zero-order valence-electron chi connectivity index (χ0n) is 20.2. The molecular formula is C25H30Cl3N3O4S. The predicted octanol–water partition coefficient (Wildman–Crippen LogP) is 5.28. The standard InChI is InChI=1S/C25H30Cl3N3O4S/c1-17(25(33)29-20-8-4-3-5-9-20)30(15-18-11-12-22(27)23(28)13-18)24(32)16-31(36(2,34)35)21-10-6-7-19(26)14-21/h6-7,10-14,17,20H,3-5,8-9,15-16H2,1-2H3,(H,29,33). The fourth-order valence-corrected chi connectivity index (χ4v) is 5.58. The Morgan fingerprint density at radius 3 is 2.33 bits per heavy atom. The maximum atomic E-state index is 13.6. The molecule has 196 valence electrons. The molecule has 0 bridgehead atoms. The van der Waals surface area contributed by atoms with Gasteiger partial charge in [-0.2, -0.15) is 0 Å². The number of carbonyl (C=O) groups is 2. The van der Waals surface area contributed by atoms with Crippen molar-refractivity contribution in [1.29, 1.82) is 0 Å². The first-order chi connectivity index (χ1) is 17.0. The van der Waals surface area contributed by atoms with E-state index < -0.39 is 28.5 Å². The van der Waals surface area contributed by atoms with Gasteiger partial charge >= 0.3 is 0 Å². The van der Waals surface area contributed by atoms with Crippen molar-refractivity contribution >= 4 is 62.3 Å². The van der Waals surface area contributed by atoms with Gasteiger partial charge in [-0.25, -0.2) is 8.42 Å². The number of nitrogens with one attached hydrogen (secondary N) is 1. The van der Waals surface area contributed by atoms with Gasteiger partial charge in [-0.1, -0.05) is 66.2 Å². The van der Waals surface area contributed by atoms with E-state index in [2.05, 4.69) is 5.32 Å². The van der Waals surface area contributed by atoms with Crippen LogP contribution in [0.4, 0.5) is 5.69 Å². The van der Waals surface area contributed by atoms with Gasteiger partial charge in [0.2, 0.25) is 21.8 Å². The molecule has 7 nitrogen and oxygen atoms in total. The van der Waals surface area contributed by atoms with Gasteiger partial charge in [0.25, 0.3) is 0 Å². The first kappa shape index (κ1) is 28.6. The highest BCUT2D eigenvalue weighted by Gasteiger charge is 2.31. The van der Waals surface area contributed by atoms with Crippen molar-refractivity contribution in [3.63, 3.8) is 0 Å². The third kappa shape index (κ3) is 7.75. The molecule has 2 aromatic carbocycles. The fourth-order valence-electron chi connectivity index (χ4n) is 4.23. The van der Waals surface area contributed by atoms with E-state index in [9.17, 15) is 18.0 Å². The summed E-state index contributed by atoms with van der Waals surface area (Å²) in [4.78, 5) is 28.1. The molecule has 3 rings (SSSR count). The van der Waals surface area contributed by atoms with E-state index in [1.165, 1.54) is 11.0 Å². The summed E-state index contributed by atoms with van der Waals surface area (Å²) in [6.07, 6.45) is 6.06. The molecule has 0 radical (unpaired) electrons. The largest absolute Gasteiger partial charge is 0.352 e. The van der Waals surface area contributed by atoms with E-state index in [1.807, 2.05) is 0 Å². The zero-order chi connectivity index (χ0) is 26.5. The van der Waals surface area contributed by atoms with E-state index in [4.69, 9.17) is 34.8 Å². The van der Waals surface area contributed by atoms with Crippen LogP contribution in [0.2, 0.25) is 15.1 Å². The number of hydrogen-bond acceptors (Lipinski definition) is 4. The SMILES string of the molecule is CC(C(=O)NC1CCCCC1)N(Cc1ccc(Cl)c(Cl)c1)C(=O)CN(c1cccc(Cl)c1)S(C)(=O)=O. The molecule has 1 atom stereocenters. The minimum absolute atomic E-state index is 0.0438. The van der Waals surface area contributed by atoms with Crippen molar-refractivity contribution in [1.82, 2.24) is 10.2 Å². The normalized spacial score (nSPS) is 15.2. The van der Waals surface area contributed by atoms with Crippen molar-refractivity contribution < 1.29 is 18.0 Å². The van der Waals surface area contributed by atoms with Crippen molar-refractivity contribution in [3.8, 4) is 0 Å². The Morgan fingerprint density at radius 2 is 1.72 bits per heavy atom. The first-order valence-electron chi connectivity index (χ1n) is 11.7. The molecule has 0 heterocycles. The van der Waals surface area contributed by atoms with Gasteiger partial charge in [0, 0.05) is 17.6 Å². The third-order valence-corrected chi connectivity index (χ3v) is 8.35. The Kier molecular flexibility index (Phi) is 9.92. The number of sulfonamides is 1. The molecule has 2 aromatic rings. The molecule has 2 amide bonds. The number of halogens is 3. The molecule has 0 aliphatic heterocycles. The Hall–Kier alpha value is -2.00. The molecule has 1 saturated carbocycles. The van der Waals surface area contributed by atoms with Crippen LogP contribution in [-0.2, 0) is 26.2 Å². The van der Waals surface area contributed by atoms with Gasteiger partial charge in [0.05, 0.1) is 22.0 Å². The minimum Gasteiger partial charge on any atom is -0.352 e. The van der Waals surface area contributed by atoms with Crippen molar-refractivity contribution in [2.75, 3.05) is 17.1 Å². The number of nitrogens with zero attached hydrogens (tertiary/aromatic N) is 2. The lowest BCUT2D eigenvalue weighted by Crippen LogP contribution is -2.52. The summed E-state index contributed by atoms with van der Waals surface area (Å²) in [6.45, 7) is 1.18. The summed E-state index contributed by atoms with van der Waals surface area (Å²) >= 11 is 18.3. The van der Waals surface area contributed by atoms with Crippen LogP contribution in [0.5, 0.6) is 0 Å². The summed E-state index contributed by atoms with van der Waals surface area (Å²) in [7, 11) is -3.83. The smallest absolute Gasteiger partial charge is 0.244 e. The Labute approximate surface area is 227 Å². The van der Waals surface area contributed by atoms with Crippen LogP contribution in [0.15, 0.2) is 42.5 Å². The minimum atomic E-state index is -3.83. The molecular weight excluding hydrogens is 545 g/mol. The second-order valence-corrected chi connectivity index (χ2v) is 12.2. The molecule has 0 spiro atoms. The van der Waals surface area contributed by atoms with Crippen LogP contribution in [0, 0.1) is 0 Å². The van der Waals surface area contributed by atoms with Crippen LogP contribution < -0.4 is 9.62 Å². The van der Waals surface area contributed by atoms with E-state index in [0.717, 1.165) is 42.7 Å². The number of amides is 2. The molecule has 1 aliphatic carbocycles. The van der Waals surface area contributed by atoms with Crippen LogP contribution in [-0.4, -0.2) is 50.0 Å². The predicted molar refractivity (Wildman–Crippen MR) is 145 cm³/mol. The number of rotatable bonds is 9. The molecule has 0 saturated heterocycles. The molecule has 11 heteroatoms. The summed E-state index contributed by atoms with van der Waals surface area (Å²) in [6, 6.07) is 10.4. The van der Waals surface area contributed by atoms with Gasteiger partial charge in [0.15, 0.2) is 0 Å². The van der Waals surface area contributed by atoms with Crippen molar-refractivity contribution in [2.24, 2.45) is 0 Å². The van der Waals surface area contributed by atoms with Gasteiger partial charge in [-0.15, -0.1) is 0 Å². The summed E-state index contributed by atoms with van der Waals surface area (Å²) in [5.74, 6) is -0.832. The fraction of sp³-hybridized carbons (Fsp3) is 0.440. The van der Waals surface area contributed by atoms with Crippen LogP contribution >= 0.6 is 34.8 Å². The first-order valence-corrected chi connectivity index (χ1v) is 14.7. The summed E-state index contributed by atoms with van der Waals surface area (Å²) in [5, 5.41) is 4.07. The van der Waals surface area contributed by atoms with E-state index in [0.29, 0.717) is 20.6 Å². The number of hydrogen-bond donors (Lipinski definition) is 1. The zero-order valence-corrected chi connectivity index (χ0v) is 23.3. The molecule has 1 N–H and O–H groups in total. The average molecular weight is 575 g/mol. The molecule has 36 heavy (non-hydrogen) atoms. The Balaban J connectivity index is 1.89. The number of benzene rings is 2. The number of carbonyl (C=O) groups excluding carboxylic acids is 2. The molecule has 0 aromatic heterocycles. The topological polar surface area (TPSA) is 86.8 Å².